The van der Waals surface area contributed by atoms with Gasteiger partial charge in [0.15, 0.2) is 9.75 Å². The van der Waals surface area contributed by atoms with Crippen LogP contribution in [0.1, 0.15) is 66.2 Å². The van der Waals surface area contributed by atoms with Gasteiger partial charge >= 0.3 is 11.9 Å². The normalized spacial score (nSPS) is 52.9. The van der Waals surface area contributed by atoms with Crippen LogP contribution in [-0.4, -0.2) is 26.9 Å². The maximum absolute atomic E-state index is 13.2. The molecule has 31 heavy (non-hydrogen) atoms. The van der Waals surface area contributed by atoms with E-state index in [0.717, 1.165) is 24.8 Å². The molecule has 4 fully saturated rings. The molecule has 0 amide bonds. The summed E-state index contributed by atoms with van der Waals surface area (Å²) in [4.78, 5) is 35.5. The minimum Gasteiger partial charge on any atom is -0.390 e. The highest BCUT2D eigenvalue weighted by Crippen LogP contribution is 2.78. The largest absolute Gasteiger partial charge is 0.390 e. The van der Waals surface area contributed by atoms with Gasteiger partial charge in [-0.2, -0.15) is 0 Å². The Kier molecular flexibility index (Phi) is 4.52. The van der Waals surface area contributed by atoms with Crippen LogP contribution in [0.2, 0.25) is 0 Å². The van der Waals surface area contributed by atoms with Crippen molar-refractivity contribution >= 4 is 52.0 Å². The van der Waals surface area contributed by atoms with Gasteiger partial charge in [-0.3, -0.25) is 4.79 Å². The fraction of sp³-hybridized carbons (Fsp3) is 0.792. The Labute approximate surface area is 198 Å². The van der Waals surface area contributed by atoms with E-state index < -0.39 is 32.5 Å². The van der Waals surface area contributed by atoms with Crippen LogP contribution in [0.5, 0.6) is 0 Å². The highest BCUT2D eigenvalue weighted by atomic mass is 35.5. The van der Waals surface area contributed by atoms with Crippen LogP contribution >= 0.6 is 34.8 Å². The molecule has 0 radical (unpaired) electrons. The minimum absolute atomic E-state index is 0.0183. The topological polar surface area (TPSA) is 60.4 Å². The van der Waals surface area contributed by atoms with E-state index in [9.17, 15) is 14.4 Å². The third kappa shape index (κ3) is 2.19. The molecule has 2 bridgehead atoms. The highest BCUT2D eigenvalue weighted by molar-refractivity contribution is 6.64. The summed E-state index contributed by atoms with van der Waals surface area (Å²) < 4.78 is 5.16. The summed E-state index contributed by atoms with van der Waals surface area (Å²) in [5.74, 6) is -1.49. The van der Waals surface area contributed by atoms with Crippen LogP contribution in [0, 0.1) is 39.9 Å². The summed E-state index contributed by atoms with van der Waals surface area (Å²) in [6.07, 6.45) is 6.76. The van der Waals surface area contributed by atoms with Crippen LogP contribution in [0.15, 0.2) is 11.6 Å². The molecule has 6 rings (SSSR count). The molecule has 0 N–H and O–H groups in total. The van der Waals surface area contributed by atoms with Crippen molar-refractivity contribution < 1.29 is 19.1 Å². The van der Waals surface area contributed by atoms with E-state index in [2.05, 4.69) is 26.8 Å². The number of carbonyl (C=O) groups excluding carboxylic acids is 3. The molecule has 3 saturated carbocycles. The van der Waals surface area contributed by atoms with Gasteiger partial charge in [-0.15, -0.1) is 23.2 Å². The van der Waals surface area contributed by atoms with Gasteiger partial charge in [0.1, 0.15) is 0 Å². The molecule has 4 nitrogen and oxygen atoms in total. The summed E-state index contributed by atoms with van der Waals surface area (Å²) in [6, 6.07) is 0. The zero-order valence-corrected chi connectivity index (χ0v) is 20.7. The average molecular weight is 488 g/mol. The zero-order chi connectivity index (χ0) is 22.8. The molecular formula is C24H29Cl3O4. The monoisotopic (exact) mass is 486 g/mol. The summed E-state index contributed by atoms with van der Waals surface area (Å²) in [7, 11) is 0. The summed E-state index contributed by atoms with van der Waals surface area (Å²) in [6.45, 7) is 8.41. The molecule has 0 aromatic carbocycles. The second kappa shape index (κ2) is 6.30. The Morgan fingerprint density at radius 1 is 1.10 bits per heavy atom. The van der Waals surface area contributed by atoms with Gasteiger partial charge < -0.3 is 4.74 Å². The summed E-state index contributed by atoms with van der Waals surface area (Å²) in [5, 5.41) is -0.276. The van der Waals surface area contributed by atoms with Crippen LogP contribution in [0.4, 0.5) is 0 Å². The van der Waals surface area contributed by atoms with Crippen molar-refractivity contribution in [1.29, 1.82) is 0 Å². The molecule has 0 aromatic rings. The number of ether oxygens (including phenoxy) is 1. The maximum atomic E-state index is 13.2. The molecule has 8 atom stereocenters. The number of cyclic esters (lactones) is 2. The Bertz CT molecular complexity index is 945. The lowest BCUT2D eigenvalue weighted by molar-refractivity contribution is -0.176. The van der Waals surface area contributed by atoms with Crippen molar-refractivity contribution in [2.24, 2.45) is 39.9 Å². The Morgan fingerprint density at radius 2 is 1.77 bits per heavy atom. The van der Waals surface area contributed by atoms with Crippen LogP contribution in [0.3, 0.4) is 0 Å². The minimum atomic E-state index is -1.63. The van der Waals surface area contributed by atoms with Crippen LogP contribution in [-0.2, 0) is 19.1 Å². The van der Waals surface area contributed by atoms with E-state index in [4.69, 9.17) is 39.5 Å². The summed E-state index contributed by atoms with van der Waals surface area (Å²) in [5.41, 5.74) is -0.518. The molecular weight excluding hydrogens is 459 g/mol. The lowest BCUT2D eigenvalue weighted by Gasteiger charge is -2.71. The first kappa shape index (κ1) is 22.2. The van der Waals surface area contributed by atoms with E-state index in [1.165, 1.54) is 0 Å². The van der Waals surface area contributed by atoms with Gasteiger partial charge in [0.05, 0.1) is 0 Å². The first-order valence-corrected chi connectivity index (χ1v) is 12.5. The smallest absolute Gasteiger partial charge is 0.338 e. The number of halogens is 3. The predicted molar refractivity (Wildman–Crippen MR) is 119 cm³/mol. The van der Waals surface area contributed by atoms with E-state index >= 15 is 0 Å². The van der Waals surface area contributed by atoms with Crippen molar-refractivity contribution in [3.8, 4) is 0 Å². The van der Waals surface area contributed by atoms with E-state index in [1.54, 1.807) is 0 Å². The van der Waals surface area contributed by atoms with E-state index in [1.807, 2.05) is 6.92 Å². The van der Waals surface area contributed by atoms with Gasteiger partial charge in [-0.25, -0.2) is 9.59 Å². The molecule has 7 heteroatoms. The molecule has 1 heterocycles. The molecule has 5 aliphatic carbocycles. The highest BCUT2D eigenvalue weighted by Gasteiger charge is 2.85. The third-order valence-electron chi connectivity index (χ3n) is 10.0. The van der Waals surface area contributed by atoms with Crippen LogP contribution in [0.25, 0.3) is 0 Å². The standard InChI is InChI=1S/C24H29Cl3O4/c1-12(2)13-11-22-9-6-15-20(3,7-5-8-21(15,4)17(25)28)16(22)10-14(13)23(26)18(29)31-19(30)24(22,23)27/h11-12,14-16H,5-10H2,1-4H3/t14-,15+,16-,20-,21+,22-,23+,24-/m0/s1. The number of hydrogen-bond acceptors (Lipinski definition) is 4. The maximum Gasteiger partial charge on any atom is 0.338 e. The fourth-order valence-electron chi connectivity index (χ4n) is 8.68. The predicted octanol–water partition coefficient (Wildman–Crippen LogP) is 5.62. The van der Waals surface area contributed by atoms with Gasteiger partial charge in [0.2, 0.25) is 5.24 Å². The Balaban J connectivity index is 1.74. The molecule has 0 aromatic heterocycles. The first-order chi connectivity index (χ1) is 14.3. The van der Waals surface area contributed by atoms with E-state index in [0.29, 0.717) is 19.3 Å². The number of hydrogen-bond donors (Lipinski definition) is 0. The second-order valence-electron chi connectivity index (χ2n) is 11.4. The number of rotatable bonds is 2. The lowest BCUT2D eigenvalue weighted by atomic mass is 9.34. The number of fused-ring (bicyclic) bond motifs is 1. The van der Waals surface area contributed by atoms with Gasteiger partial charge in [0.25, 0.3) is 0 Å². The SMILES string of the molecule is CC(C)C1=C[C@@]23CC[C@@H]4[C@](C)(CCC[C@@]4(C)C(=O)Cl)[C@@H]2C[C@@H]1[C@@]1(Cl)C(=O)OC(=O)[C@]31Cl. The van der Waals surface area contributed by atoms with Crippen molar-refractivity contribution in [2.75, 3.05) is 0 Å². The Morgan fingerprint density at radius 3 is 2.39 bits per heavy atom. The number of alkyl halides is 2. The fourth-order valence-corrected chi connectivity index (χ4v) is 9.94. The molecule has 1 saturated heterocycles. The number of allylic oxidation sites excluding steroid dienone is 2. The molecule has 170 valence electrons. The van der Waals surface area contributed by atoms with Gasteiger partial charge in [-0.05, 0) is 66.9 Å². The molecule has 1 aliphatic heterocycles. The van der Waals surface area contributed by atoms with E-state index in [-0.39, 0.29) is 34.3 Å². The third-order valence-corrected chi connectivity index (χ3v) is 12.1. The first-order valence-electron chi connectivity index (χ1n) is 11.4. The number of esters is 2. The van der Waals surface area contributed by atoms with Crippen LogP contribution < -0.4 is 0 Å². The zero-order valence-electron chi connectivity index (χ0n) is 18.4. The van der Waals surface area contributed by atoms with Crippen molar-refractivity contribution in [1.82, 2.24) is 0 Å². The quantitative estimate of drug-likeness (QED) is 0.167. The van der Waals surface area contributed by atoms with Gasteiger partial charge in [-0.1, -0.05) is 45.8 Å². The van der Waals surface area contributed by atoms with Crippen molar-refractivity contribution in [2.45, 2.75) is 76.0 Å². The second-order valence-corrected chi connectivity index (χ2v) is 12.9. The average Bonchev–Trinajstić information content (AvgIpc) is 2.88. The number of carbonyl (C=O) groups is 3. The molecule has 1 spiro atoms. The van der Waals surface area contributed by atoms with Crippen molar-refractivity contribution in [3.63, 3.8) is 0 Å². The molecule has 0 unspecified atom stereocenters. The van der Waals surface area contributed by atoms with Gasteiger partial charge in [0, 0.05) is 16.7 Å². The lowest BCUT2D eigenvalue weighted by Crippen LogP contribution is -2.75. The summed E-state index contributed by atoms with van der Waals surface area (Å²) >= 11 is 20.5. The molecule has 6 aliphatic rings. The Hall–Kier alpha value is -0.580. The van der Waals surface area contributed by atoms with Crippen molar-refractivity contribution in [3.05, 3.63) is 11.6 Å².